The summed E-state index contributed by atoms with van der Waals surface area (Å²) in [6, 6.07) is 4.85. The fourth-order valence-corrected chi connectivity index (χ4v) is 4.18. The Morgan fingerprint density at radius 1 is 1.55 bits per heavy atom. The van der Waals surface area contributed by atoms with Gasteiger partial charge in [0.05, 0.1) is 17.2 Å². The van der Waals surface area contributed by atoms with Gasteiger partial charge in [0.2, 0.25) is 0 Å². The van der Waals surface area contributed by atoms with Crippen molar-refractivity contribution in [2.45, 2.75) is 28.7 Å². The fraction of sp³-hybridized carbons (Fsp3) is 0.267. The zero-order valence-corrected chi connectivity index (χ0v) is 11.7. The molecule has 0 unspecified atom stereocenters. The number of aromatic nitrogens is 2. The van der Waals surface area contributed by atoms with E-state index in [0.29, 0.717) is 23.4 Å². The largest absolute Gasteiger partial charge is 0.387 e. The van der Waals surface area contributed by atoms with Crippen LogP contribution in [-0.4, -0.2) is 19.4 Å². The molecule has 0 radical (unpaired) electrons. The quantitative estimate of drug-likeness (QED) is 0.879. The number of hydrogen-bond acceptors (Lipinski definition) is 3. The predicted molar refractivity (Wildman–Crippen MR) is 77.0 cm³/mol. The summed E-state index contributed by atoms with van der Waals surface area (Å²) in [5.74, 6) is -0.275. The highest BCUT2D eigenvalue weighted by Gasteiger charge is 2.46. The predicted octanol–water partition coefficient (Wildman–Crippen LogP) is 3.18. The molecule has 0 bridgehead atoms. The molecule has 0 amide bonds. The number of nitrogens with zero attached hydrogens (tertiary/aromatic N) is 2. The van der Waals surface area contributed by atoms with Crippen molar-refractivity contribution in [2.75, 3.05) is 0 Å². The van der Waals surface area contributed by atoms with Gasteiger partial charge in [0.15, 0.2) is 0 Å². The average molecular weight is 290 g/mol. The van der Waals surface area contributed by atoms with Gasteiger partial charge in [-0.1, -0.05) is 18.2 Å². The maximum Gasteiger partial charge on any atom is 0.137 e. The van der Waals surface area contributed by atoms with Crippen molar-refractivity contribution in [3.8, 4) is 0 Å². The van der Waals surface area contributed by atoms with Crippen LogP contribution in [0, 0.1) is 5.82 Å². The summed E-state index contributed by atoms with van der Waals surface area (Å²) >= 11 is 1.40. The van der Waals surface area contributed by atoms with Crippen molar-refractivity contribution in [3.05, 3.63) is 61.0 Å². The van der Waals surface area contributed by atoms with Crippen LogP contribution < -0.4 is 0 Å². The molecule has 2 aromatic rings. The second kappa shape index (κ2) is 5.07. The van der Waals surface area contributed by atoms with E-state index in [9.17, 15) is 9.50 Å². The summed E-state index contributed by atoms with van der Waals surface area (Å²) in [5, 5.41) is 10.7. The van der Waals surface area contributed by atoms with E-state index in [4.69, 9.17) is 0 Å². The van der Waals surface area contributed by atoms with Gasteiger partial charge in [-0.3, -0.25) is 0 Å². The van der Waals surface area contributed by atoms with Crippen LogP contribution in [0.4, 0.5) is 4.39 Å². The Bertz CT molecular complexity index is 629. The van der Waals surface area contributed by atoms with Crippen molar-refractivity contribution in [1.82, 2.24) is 9.55 Å². The normalized spacial score (nSPS) is 24.6. The zero-order chi connectivity index (χ0) is 14.2. The van der Waals surface area contributed by atoms with Gasteiger partial charge in [0, 0.05) is 23.8 Å². The van der Waals surface area contributed by atoms with Gasteiger partial charge < -0.3 is 9.67 Å². The first-order valence-electron chi connectivity index (χ1n) is 6.38. The van der Waals surface area contributed by atoms with Crippen LogP contribution in [0.5, 0.6) is 0 Å². The third-order valence-corrected chi connectivity index (χ3v) is 5.16. The van der Waals surface area contributed by atoms with E-state index in [1.165, 1.54) is 17.8 Å². The first kappa shape index (κ1) is 13.4. The number of benzene rings is 1. The molecule has 1 aromatic heterocycles. The molecule has 2 atom stereocenters. The van der Waals surface area contributed by atoms with E-state index in [1.54, 1.807) is 30.7 Å². The molecule has 20 heavy (non-hydrogen) atoms. The highest BCUT2D eigenvalue weighted by atomic mass is 32.2. The standard InChI is InChI=1S/C15H15FN2OS/c1-2-6-15(9-18-8-7-17-10-18)14(19)11-4-3-5-12(16)13(11)20-15/h2-5,7-8,10,14,19H,1,6,9H2/t14-,15-/m0/s1. The number of fused-ring (bicyclic) bond motifs is 1. The molecule has 2 heterocycles. The summed E-state index contributed by atoms with van der Waals surface area (Å²) in [5.41, 5.74) is 0.664. The van der Waals surface area contributed by atoms with Gasteiger partial charge in [-0.05, 0) is 18.1 Å². The first-order chi connectivity index (χ1) is 9.66. The van der Waals surface area contributed by atoms with Crippen molar-refractivity contribution in [1.29, 1.82) is 0 Å². The molecular weight excluding hydrogens is 275 g/mol. The van der Waals surface area contributed by atoms with E-state index in [0.717, 1.165) is 0 Å². The summed E-state index contributed by atoms with van der Waals surface area (Å²) in [6.45, 7) is 4.33. The Balaban J connectivity index is 2.01. The molecule has 5 heteroatoms. The Labute approximate surface area is 121 Å². The Kier molecular flexibility index (Phi) is 3.40. The summed E-state index contributed by atoms with van der Waals surface area (Å²) in [7, 11) is 0. The lowest BCUT2D eigenvalue weighted by Gasteiger charge is -2.31. The lowest BCUT2D eigenvalue weighted by molar-refractivity contribution is 0.123. The third-order valence-electron chi connectivity index (χ3n) is 3.59. The third kappa shape index (κ3) is 2.07. The van der Waals surface area contributed by atoms with Gasteiger partial charge in [-0.15, -0.1) is 18.3 Å². The number of rotatable bonds is 4. The molecule has 0 saturated carbocycles. The van der Waals surface area contributed by atoms with Crippen LogP contribution in [0.25, 0.3) is 0 Å². The number of halogens is 1. The Hall–Kier alpha value is -1.59. The molecule has 0 aliphatic carbocycles. The Morgan fingerprint density at radius 2 is 2.40 bits per heavy atom. The Morgan fingerprint density at radius 3 is 3.05 bits per heavy atom. The molecule has 0 fully saturated rings. The minimum absolute atomic E-state index is 0.275. The molecule has 0 saturated heterocycles. The summed E-state index contributed by atoms with van der Waals surface area (Å²) < 4.78 is 15.3. The van der Waals surface area contributed by atoms with E-state index < -0.39 is 10.9 Å². The molecule has 1 aliphatic rings. The molecule has 3 nitrogen and oxygen atoms in total. The number of hydrogen-bond donors (Lipinski definition) is 1. The molecule has 3 rings (SSSR count). The molecule has 0 spiro atoms. The monoisotopic (exact) mass is 290 g/mol. The van der Waals surface area contributed by atoms with Crippen LogP contribution in [0.15, 0.2) is 54.5 Å². The SMILES string of the molecule is C=CC[C@@]1(Cn2ccnc2)Sc2c(F)cccc2[C@@H]1O. The van der Waals surface area contributed by atoms with Crippen LogP contribution >= 0.6 is 11.8 Å². The number of aliphatic hydroxyl groups excluding tert-OH is 1. The number of aliphatic hydroxyl groups is 1. The molecule has 1 aromatic carbocycles. The zero-order valence-electron chi connectivity index (χ0n) is 10.9. The van der Waals surface area contributed by atoms with Gasteiger partial charge in [0.25, 0.3) is 0 Å². The van der Waals surface area contributed by atoms with E-state index in [-0.39, 0.29) is 5.82 Å². The van der Waals surface area contributed by atoms with E-state index in [2.05, 4.69) is 11.6 Å². The topological polar surface area (TPSA) is 38.0 Å². The van der Waals surface area contributed by atoms with Gasteiger partial charge in [0.1, 0.15) is 5.82 Å². The van der Waals surface area contributed by atoms with Crippen molar-refractivity contribution in [3.63, 3.8) is 0 Å². The van der Waals surface area contributed by atoms with Gasteiger partial charge in [-0.25, -0.2) is 9.37 Å². The lowest BCUT2D eigenvalue weighted by atomic mass is 9.92. The second-order valence-electron chi connectivity index (χ2n) is 4.96. The van der Waals surface area contributed by atoms with Crippen LogP contribution in [0.2, 0.25) is 0 Å². The lowest BCUT2D eigenvalue weighted by Crippen LogP contribution is -2.33. The van der Waals surface area contributed by atoms with Crippen LogP contribution in [0.1, 0.15) is 18.1 Å². The number of imidazole rings is 1. The van der Waals surface area contributed by atoms with Crippen molar-refractivity contribution >= 4 is 11.8 Å². The maximum absolute atomic E-state index is 13.9. The average Bonchev–Trinajstić information content (AvgIpc) is 3.01. The molecule has 1 N–H and O–H groups in total. The van der Waals surface area contributed by atoms with Crippen LogP contribution in [-0.2, 0) is 6.54 Å². The van der Waals surface area contributed by atoms with E-state index >= 15 is 0 Å². The fourth-order valence-electron chi connectivity index (χ4n) is 2.66. The maximum atomic E-state index is 13.9. The highest BCUT2D eigenvalue weighted by molar-refractivity contribution is 8.01. The molecule has 1 aliphatic heterocycles. The first-order valence-corrected chi connectivity index (χ1v) is 7.20. The summed E-state index contributed by atoms with van der Waals surface area (Å²) in [4.78, 5) is 4.56. The minimum Gasteiger partial charge on any atom is -0.387 e. The van der Waals surface area contributed by atoms with E-state index in [1.807, 2.05) is 10.8 Å². The second-order valence-corrected chi connectivity index (χ2v) is 6.38. The van der Waals surface area contributed by atoms with Gasteiger partial charge in [-0.2, -0.15) is 0 Å². The smallest absolute Gasteiger partial charge is 0.137 e. The summed E-state index contributed by atoms with van der Waals surface area (Å²) in [6.07, 6.45) is 6.89. The minimum atomic E-state index is -0.724. The number of thioether (sulfide) groups is 1. The van der Waals surface area contributed by atoms with Crippen molar-refractivity contribution in [2.24, 2.45) is 0 Å². The molecular formula is C15H15FN2OS. The molecule has 104 valence electrons. The van der Waals surface area contributed by atoms with Gasteiger partial charge >= 0.3 is 0 Å². The van der Waals surface area contributed by atoms with Crippen LogP contribution in [0.3, 0.4) is 0 Å². The highest BCUT2D eigenvalue weighted by Crippen LogP contribution is 2.55. The van der Waals surface area contributed by atoms with Crippen molar-refractivity contribution < 1.29 is 9.50 Å². The number of allylic oxidation sites excluding steroid dienone is 1.